The third-order valence-corrected chi connectivity index (χ3v) is 6.54. The third kappa shape index (κ3) is 5.54. The highest BCUT2D eigenvalue weighted by molar-refractivity contribution is 7.89. The van der Waals surface area contributed by atoms with Gasteiger partial charge in [0.2, 0.25) is 5.91 Å². The molecule has 0 spiro atoms. The molecule has 0 bridgehead atoms. The summed E-state index contributed by atoms with van der Waals surface area (Å²) in [4.78, 5) is 13.7. The van der Waals surface area contributed by atoms with Gasteiger partial charge >= 0.3 is 0 Å². The van der Waals surface area contributed by atoms with Crippen molar-refractivity contribution in [3.8, 4) is 0 Å². The Morgan fingerprint density at radius 2 is 2.09 bits per heavy atom. The number of halogens is 4. The van der Waals surface area contributed by atoms with Gasteiger partial charge in [0.1, 0.15) is 17.3 Å². The smallest absolute Gasteiger partial charge is 0.264 e. The lowest BCUT2D eigenvalue weighted by atomic mass is 9.98. The summed E-state index contributed by atoms with van der Waals surface area (Å²) in [5.74, 6) is -2.53. The summed E-state index contributed by atoms with van der Waals surface area (Å²) in [6, 6.07) is 3.87. The zero-order valence-corrected chi connectivity index (χ0v) is 18.5. The van der Waals surface area contributed by atoms with E-state index >= 15 is 0 Å². The second kappa shape index (κ2) is 9.93. The molecule has 1 amide bonds. The highest BCUT2D eigenvalue weighted by Gasteiger charge is 2.33. The molecule has 1 aliphatic rings. The molecule has 2 heterocycles. The predicted molar refractivity (Wildman–Crippen MR) is 112 cm³/mol. The molecule has 0 aliphatic carbocycles. The molecule has 1 atom stereocenters. The molecule has 1 aliphatic heterocycles. The van der Waals surface area contributed by atoms with Crippen molar-refractivity contribution in [2.45, 2.75) is 23.8 Å². The van der Waals surface area contributed by atoms with Gasteiger partial charge in [0.25, 0.3) is 16.4 Å². The molecule has 1 fully saturated rings. The normalized spacial score (nSPS) is 16.6. The van der Waals surface area contributed by atoms with Crippen LogP contribution in [0.5, 0.6) is 0 Å². The molecule has 0 saturated carbocycles. The summed E-state index contributed by atoms with van der Waals surface area (Å²) in [6.45, 7) is -1.73. The van der Waals surface area contributed by atoms with Crippen LogP contribution < -0.4 is 4.72 Å². The SMILES string of the molecule is N=C1CN(C(=O)[C@H](CO)c2cccc(F)c2Cl)C/C1=C/NS(=O)(=O)c1cnn(CC(F)F)c1. The fourth-order valence-corrected chi connectivity index (χ4v) is 4.34. The second-order valence-corrected chi connectivity index (χ2v) is 9.22. The van der Waals surface area contributed by atoms with E-state index < -0.39 is 47.2 Å². The third-order valence-electron chi connectivity index (χ3n) is 4.88. The van der Waals surface area contributed by atoms with Crippen molar-refractivity contribution in [2.24, 2.45) is 0 Å². The number of benzene rings is 1. The molecule has 2 aromatic rings. The molecular weight excluding hydrogens is 487 g/mol. The number of rotatable bonds is 8. The molecule has 0 unspecified atom stereocenters. The molecule has 178 valence electrons. The van der Waals surface area contributed by atoms with Gasteiger partial charge in [0.05, 0.1) is 36.0 Å². The first-order valence-electron chi connectivity index (χ1n) is 9.46. The first-order valence-corrected chi connectivity index (χ1v) is 11.3. The Morgan fingerprint density at radius 1 is 1.36 bits per heavy atom. The van der Waals surface area contributed by atoms with Gasteiger partial charge in [-0.25, -0.2) is 21.6 Å². The molecule has 1 aromatic heterocycles. The minimum atomic E-state index is -4.15. The number of carbonyl (C=O) groups is 1. The number of aromatic nitrogens is 2. The summed E-state index contributed by atoms with van der Waals surface area (Å²) in [5.41, 5.74) is 0.213. The lowest BCUT2D eigenvalue weighted by Crippen LogP contribution is -2.35. The zero-order chi connectivity index (χ0) is 24.3. The topological polar surface area (TPSA) is 128 Å². The number of hydrogen-bond donors (Lipinski definition) is 3. The monoisotopic (exact) mass is 505 g/mol. The van der Waals surface area contributed by atoms with Gasteiger partial charge in [0.15, 0.2) is 0 Å². The van der Waals surface area contributed by atoms with E-state index in [0.717, 1.165) is 29.3 Å². The number of nitrogens with zero attached hydrogens (tertiary/aromatic N) is 3. The van der Waals surface area contributed by atoms with E-state index in [1.54, 1.807) is 0 Å². The fourth-order valence-electron chi connectivity index (χ4n) is 3.20. The number of hydrogen-bond acceptors (Lipinski definition) is 6. The number of aliphatic hydroxyl groups excluding tert-OH is 1. The van der Waals surface area contributed by atoms with E-state index in [1.165, 1.54) is 17.0 Å². The molecule has 3 rings (SSSR count). The Labute approximate surface area is 192 Å². The average Bonchev–Trinajstić information content (AvgIpc) is 3.36. The van der Waals surface area contributed by atoms with Crippen LogP contribution in [0.3, 0.4) is 0 Å². The number of alkyl halides is 2. The molecule has 33 heavy (non-hydrogen) atoms. The molecule has 0 radical (unpaired) electrons. The molecule has 14 heteroatoms. The summed E-state index contributed by atoms with van der Waals surface area (Å²) in [7, 11) is -4.15. The number of nitrogens with one attached hydrogen (secondary N) is 2. The Bertz CT molecular complexity index is 1200. The van der Waals surface area contributed by atoms with Crippen LogP contribution in [-0.4, -0.2) is 65.9 Å². The van der Waals surface area contributed by atoms with Crippen LogP contribution in [0.25, 0.3) is 0 Å². The van der Waals surface area contributed by atoms with Crippen molar-refractivity contribution in [3.05, 3.63) is 58.8 Å². The van der Waals surface area contributed by atoms with Gasteiger partial charge in [0, 0.05) is 24.5 Å². The van der Waals surface area contributed by atoms with Crippen molar-refractivity contribution in [1.29, 1.82) is 5.41 Å². The largest absolute Gasteiger partial charge is 0.395 e. The Morgan fingerprint density at radius 3 is 2.76 bits per heavy atom. The summed E-state index contributed by atoms with van der Waals surface area (Å²) in [5, 5.41) is 21.0. The molecule has 9 nitrogen and oxygen atoms in total. The van der Waals surface area contributed by atoms with Gasteiger partial charge in [-0.2, -0.15) is 5.10 Å². The standard InChI is InChI=1S/C19H19ClF3N5O4S/c20-18-13(2-1-3-15(18)21)14(10-29)19(30)27-6-11(16(24)8-27)4-26-33(31,32)12-5-25-28(7-12)9-17(22)23/h1-5,7,14,17,24,26,29H,6,8-10H2/b11-4-,24-16?/t14-/m1/s1. The van der Waals surface area contributed by atoms with Crippen molar-refractivity contribution >= 4 is 33.2 Å². The fraction of sp³-hybridized carbons (Fsp3) is 0.316. The Kier molecular flexibility index (Phi) is 7.44. The van der Waals surface area contributed by atoms with Crippen LogP contribution in [-0.2, 0) is 21.4 Å². The van der Waals surface area contributed by atoms with E-state index in [1.807, 2.05) is 0 Å². The Hall–Kier alpha value is -2.90. The van der Waals surface area contributed by atoms with Crippen molar-refractivity contribution in [1.82, 2.24) is 19.4 Å². The van der Waals surface area contributed by atoms with E-state index in [4.69, 9.17) is 17.0 Å². The maximum atomic E-state index is 13.8. The molecule has 3 N–H and O–H groups in total. The minimum absolute atomic E-state index is 0.0542. The highest BCUT2D eigenvalue weighted by Crippen LogP contribution is 2.29. The van der Waals surface area contributed by atoms with Crippen molar-refractivity contribution < 1.29 is 31.5 Å². The predicted octanol–water partition coefficient (Wildman–Crippen LogP) is 1.74. The summed E-state index contributed by atoms with van der Waals surface area (Å²) in [6.07, 6.45) is 0.173. The first kappa shape index (κ1) is 24.7. The highest BCUT2D eigenvalue weighted by atomic mass is 35.5. The van der Waals surface area contributed by atoms with E-state index in [2.05, 4.69) is 9.82 Å². The van der Waals surface area contributed by atoms with Crippen LogP contribution in [0.2, 0.25) is 5.02 Å². The number of amides is 1. The quantitative estimate of drug-likeness (QED) is 0.503. The average molecular weight is 506 g/mol. The number of aliphatic hydroxyl groups is 1. The van der Waals surface area contributed by atoms with Crippen LogP contribution in [0.1, 0.15) is 11.5 Å². The number of carbonyl (C=O) groups excluding carboxylic acids is 1. The van der Waals surface area contributed by atoms with Crippen LogP contribution in [0, 0.1) is 11.2 Å². The number of likely N-dealkylation sites (tertiary alicyclic amines) is 1. The molecular formula is C19H19ClF3N5O4S. The first-order chi connectivity index (χ1) is 15.5. The summed E-state index contributed by atoms with van der Waals surface area (Å²) >= 11 is 5.93. The molecule has 1 saturated heterocycles. The van der Waals surface area contributed by atoms with Gasteiger partial charge < -0.3 is 15.4 Å². The van der Waals surface area contributed by atoms with E-state index in [-0.39, 0.29) is 39.9 Å². The lowest BCUT2D eigenvalue weighted by molar-refractivity contribution is -0.132. The summed E-state index contributed by atoms with van der Waals surface area (Å²) < 4.78 is 66.3. The zero-order valence-electron chi connectivity index (χ0n) is 16.9. The molecule has 1 aromatic carbocycles. The number of sulfonamides is 1. The second-order valence-electron chi connectivity index (χ2n) is 7.13. The van der Waals surface area contributed by atoms with Crippen LogP contribution >= 0.6 is 11.6 Å². The van der Waals surface area contributed by atoms with Gasteiger partial charge in [-0.1, -0.05) is 23.7 Å². The minimum Gasteiger partial charge on any atom is -0.395 e. The maximum absolute atomic E-state index is 13.8. The van der Waals surface area contributed by atoms with E-state index in [9.17, 15) is 31.5 Å². The van der Waals surface area contributed by atoms with Crippen LogP contribution in [0.4, 0.5) is 13.2 Å². The van der Waals surface area contributed by atoms with Gasteiger partial charge in [-0.3, -0.25) is 14.2 Å². The van der Waals surface area contributed by atoms with Crippen molar-refractivity contribution in [2.75, 3.05) is 19.7 Å². The van der Waals surface area contributed by atoms with Crippen LogP contribution in [0.15, 0.2) is 47.3 Å². The lowest BCUT2D eigenvalue weighted by Gasteiger charge is -2.22. The van der Waals surface area contributed by atoms with Crippen molar-refractivity contribution in [3.63, 3.8) is 0 Å². The maximum Gasteiger partial charge on any atom is 0.264 e. The van der Waals surface area contributed by atoms with E-state index in [0.29, 0.717) is 0 Å². The Balaban J connectivity index is 1.73. The van der Waals surface area contributed by atoms with Gasteiger partial charge in [-0.05, 0) is 11.6 Å². The van der Waals surface area contributed by atoms with Gasteiger partial charge in [-0.15, -0.1) is 0 Å².